The molecule has 3 heterocycles. The molecule has 1 aromatic carbocycles. The van der Waals surface area contributed by atoms with Gasteiger partial charge in [0.05, 0.1) is 6.54 Å². The first-order valence-corrected chi connectivity index (χ1v) is 9.14. The predicted octanol–water partition coefficient (Wildman–Crippen LogP) is 2.13. The number of rotatable bonds is 5. The molecule has 0 radical (unpaired) electrons. The summed E-state index contributed by atoms with van der Waals surface area (Å²) >= 11 is 0. The molecule has 27 heavy (non-hydrogen) atoms. The van der Waals surface area contributed by atoms with Crippen molar-refractivity contribution in [2.45, 2.75) is 26.0 Å². The van der Waals surface area contributed by atoms with E-state index in [1.807, 2.05) is 29.0 Å². The summed E-state index contributed by atoms with van der Waals surface area (Å²) in [6, 6.07) is 10.2. The number of aromatic nitrogens is 3. The van der Waals surface area contributed by atoms with E-state index in [0.717, 1.165) is 36.7 Å². The summed E-state index contributed by atoms with van der Waals surface area (Å²) in [5.41, 5.74) is 3.04. The fourth-order valence-electron chi connectivity index (χ4n) is 3.13. The van der Waals surface area contributed by atoms with Crippen molar-refractivity contribution in [3.05, 3.63) is 71.1 Å². The van der Waals surface area contributed by atoms with Gasteiger partial charge in [-0.05, 0) is 56.0 Å². The molecule has 1 atom stereocenters. The Balaban J connectivity index is 1.40. The quantitative estimate of drug-likeness (QED) is 0.680. The average Bonchev–Trinajstić information content (AvgIpc) is 3.27. The first kappa shape index (κ1) is 17.5. The first-order chi connectivity index (χ1) is 13.2. The van der Waals surface area contributed by atoms with Gasteiger partial charge in [0.1, 0.15) is 17.6 Å². The number of imidazole rings is 1. The lowest BCUT2D eigenvalue weighted by molar-refractivity contribution is 0.184. The molecular weight excluding hydrogens is 340 g/mol. The topological polar surface area (TPSA) is 76.1 Å². The van der Waals surface area contributed by atoms with Gasteiger partial charge in [-0.15, -0.1) is 0 Å². The van der Waals surface area contributed by atoms with E-state index in [2.05, 4.69) is 39.4 Å². The maximum absolute atomic E-state index is 9.72. The Morgan fingerprint density at radius 3 is 2.81 bits per heavy atom. The second-order valence-electron chi connectivity index (χ2n) is 6.95. The molecule has 1 aliphatic heterocycles. The number of nitrogens with zero attached hydrogens (tertiary/aromatic N) is 3. The zero-order valence-electron chi connectivity index (χ0n) is 15.2. The van der Waals surface area contributed by atoms with Gasteiger partial charge in [0, 0.05) is 24.0 Å². The third kappa shape index (κ3) is 4.27. The van der Waals surface area contributed by atoms with Crippen LogP contribution in [0.15, 0.2) is 47.2 Å². The molecule has 0 spiro atoms. The Bertz CT molecular complexity index is 956. The van der Waals surface area contributed by atoms with E-state index in [9.17, 15) is 5.11 Å². The van der Waals surface area contributed by atoms with Crippen LogP contribution < -0.4 is 5.32 Å². The molecule has 0 bridgehead atoms. The smallest absolute Gasteiger partial charge is 0.210 e. The molecule has 1 fully saturated rings. The molecule has 1 aliphatic rings. The van der Waals surface area contributed by atoms with Crippen molar-refractivity contribution >= 4 is 0 Å². The van der Waals surface area contributed by atoms with Crippen LogP contribution in [-0.2, 0) is 13.0 Å². The summed E-state index contributed by atoms with van der Waals surface area (Å²) in [6.07, 6.45) is 3.96. The highest BCUT2D eigenvalue weighted by atomic mass is 16.5. The highest BCUT2D eigenvalue weighted by molar-refractivity contribution is 5.40. The van der Waals surface area contributed by atoms with Crippen molar-refractivity contribution in [3.8, 4) is 11.8 Å². The molecule has 3 aromatic rings. The normalized spacial score (nSPS) is 15.0. The van der Waals surface area contributed by atoms with Crippen molar-refractivity contribution in [1.82, 2.24) is 20.0 Å². The Labute approximate surface area is 158 Å². The Hall–Kier alpha value is -2.88. The molecule has 0 aliphatic carbocycles. The highest BCUT2D eigenvalue weighted by Gasteiger charge is 2.16. The molecule has 0 amide bonds. The van der Waals surface area contributed by atoms with E-state index < -0.39 is 6.10 Å². The number of aliphatic hydroxyl groups is 1. The minimum atomic E-state index is -0.630. The van der Waals surface area contributed by atoms with Crippen LogP contribution in [0.25, 0.3) is 0 Å². The second-order valence-corrected chi connectivity index (χ2v) is 6.95. The lowest BCUT2D eigenvalue weighted by atomic mass is 9.94. The number of benzene rings is 1. The van der Waals surface area contributed by atoms with Gasteiger partial charge in [-0.2, -0.15) is 0 Å². The number of hydrogen-bond acceptors (Lipinski definition) is 5. The van der Waals surface area contributed by atoms with Crippen LogP contribution in [0.3, 0.4) is 0 Å². The standard InChI is InChI=1S/C21H22N4O2/c1-15(26)21-23-8-9-25(21)14-19-11-20(27-24-19)7-6-16-2-4-17(5-3-16)10-18-12-22-13-18/h2-5,8-9,11,15,18,22,26H,10,12-14H2,1H3/t15-/m0/s1. The number of nitrogens with one attached hydrogen (secondary N) is 1. The zero-order chi connectivity index (χ0) is 18.6. The van der Waals surface area contributed by atoms with Crippen LogP contribution >= 0.6 is 0 Å². The molecule has 6 heteroatoms. The van der Waals surface area contributed by atoms with Gasteiger partial charge < -0.3 is 19.5 Å². The van der Waals surface area contributed by atoms with Crippen molar-refractivity contribution in [2.24, 2.45) is 5.92 Å². The van der Waals surface area contributed by atoms with Crippen LogP contribution in [0, 0.1) is 17.8 Å². The molecule has 6 nitrogen and oxygen atoms in total. The van der Waals surface area contributed by atoms with Crippen LogP contribution in [0.1, 0.15) is 41.4 Å². The lowest BCUT2D eigenvalue weighted by Crippen LogP contribution is -2.43. The number of aliphatic hydroxyl groups excluding tert-OH is 1. The van der Waals surface area contributed by atoms with Gasteiger partial charge in [-0.3, -0.25) is 0 Å². The largest absolute Gasteiger partial charge is 0.385 e. The van der Waals surface area contributed by atoms with Gasteiger partial charge in [-0.1, -0.05) is 23.2 Å². The second kappa shape index (κ2) is 7.78. The van der Waals surface area contributed by atoms with Crippen LogP contribution in [0.5, 0.6) is 0 Å². The summed E-state index contributed by atoms with van der Waals surface area (Å²) in [7, 11) is 0. The fourth-order valence-corrected chi connectivity index (χ4v) is 3.13. The third-order valence-electron chi connectivity index (χ3n) is 4.69. The van der Waals surface area contributed by atoms with Crippen LogP contribution in [0.2, 0.25) is 0 Å². The molecule has 2 aromatic heterocycles. The van der Waals surface area contributed by atoms with E-state index in [1.54, 1.807) is 13.1 Å². The average molecular weight is 362 g/mol. The highest BCUT2D eigenvalue weighted by Crippen LogP contribution is 2.14. The van der Waals surface area contributed by atoms with E-state index in [-0.39, 0.29) is 0 Å². The van der Waals surface area contributed by atoms with E-state index >= 15 is 0 Å². The fraction of sp³-hybridized carbons (Fsp3) is 0.333. The monoisotopic (exact) mass is 362 g/mol. The Morgan fingerprint density at radius 1 is 1.30 bits per heavy atom. The molecule has 1 saturated heterocycles. The van der Waals surface area contributed by atoms with E-state index in [1.165, 1.54) is 5.56 Å². The van der Waals surface area contributed by atoms with Crippen LogP contribution in [0.4, 0.5) is 0 Å². The third-order valence-corrected chi connectivity index (χ3v) is 4.69. The minimum absolute atomic E-state index is 0.482. The van der Waals surface area contributed by atoms with Crippen molar-refractivity contribution in [3.63, 3.8) is 0 Å². The lowest BCUT2D eigenvalue weighted by Gasteiger charge is -2.27. The van der Waals surface area contributed by atoms with Crippen LogP contribution in [-0.4, -0.2) is 32.9 Å². The van der Waals surface area contributed by atoms with Gasteiger partial charge in [0.15, 0.2) is 0 Å². The van der Waals surface area contributed by atoms with E-state index in [0.29, 0.717) is 18.1 Å². The summed E-state index contributed by atoms with van der Waals surface area (Å²) in [5, 5.41) is 17.1. The SMILES string of the molecule is C[C@H](O)c1nccn1Cc1cc(C#Cc2ccc(CC3CNC3)cc2)on1. The summed E-state index contributed by atoms with van der Waals surface area (Å²) in [4.78, 5) is 4.15. The first-order valence-electron chi connectivity index (χ1n) is 9.14. The van der Waals surface area contributed by atoms with Gasteiger partial charge in [0.2, 0.25) is 5.76 Å². The zero-order valence-corrected chi connectivity index (χ0v) is 15.2. The van der Waals surface area contributed by atoms with Gasteiger partial charge >= 0.3 is 0 Å². The predicted molar refractivity (Wildman–Crippen MR) is 101 cm³/mol. The molecule has 2 N–H and O–H groups in total. The van der Waals surface area contributed by atoms with Crippen molar-refractivity contribution in [2.75, 3.05) is 13.1 Å². The van der Waals surface area contributed by atoms with Gasteiger partial charge in [0.25, 0.3) is 0 Å². The molecule has 138 valence electrons. The Morgan fingerprint density at radius 2 is 2.11 bits per heavy atom. The molecule has 4 rings (SSSR count). The molecular formula is C21H22N4O2. The molecule has 0 unspecified atom stereocenters. The van der Waals surface area contributed by atoms with E-state index in [4.69, 9.17) is 4.52 Å². The maximum Gasteiger partial charge on any atom is 0.210 e. The van der Waals surface area contributed by atoms with Crippen molar-refractivity contribution < 1.29 is 9.63 Å². The summed E-state index contributed by atoms with van der Waals surface area (Å²) < 4.78 is 7.15. The van der Waals surface area contributed by atoms with Gasteiger partial charge in [-0.25, -0.2) is 4.98 Å². The molecule has 0 saturated carbocycles. The summed E-state index contributed by atoms with van der Waals surface area (Å²) in [5.74, 6) is 8.02. The maximum atomic E-state index is 9.72. The summed E-state index contributed by atoms with van der Waals surface area (Å²) in [6.45, 7) is 4.41. The minimum Gasteiger partial charge on any atom is -0.385 e. The number of hydrogen-bond donors (Lipinski definition) is 2. The van der Waals surface area contributed by atoms with Crippen molar-refractivity contribution in [1.29, 1.82) is 0 Å². The Kier molecular flexibility index (Phi) is 5.05.